The molecule has 2 rings (SSSR count). The minimum absolute atomic E-state index is 0. The summed E-state index contributed by atoms with van der Waals surface area (Å²) in [5.41, 5.74) is 0. The number of carbonyl (C=O) groups is 1. The Balaban J connectivity index is 0.00000180. The Morgan fingerprint density at radius 2 is 2.05 bits per heavy atom. The number of likely N-dealkylation sites (N-methyl/N-ethyl adjacent to an activating group) is 1. The molecule has 1 fully saturated rings. The van der Waals surface area contributed by atoms with Crippen LogP contribution in [0.25, 0.3) is 0 Å². The number of halogens is 2. The van der Waals surface area contributed by atoms with E-state index in [0.717, 1.165) is 36.5 Å². The highest BCUT2D eigenvalue weighted by atomic mass is 79.9. The lowest BCUT2D eigenvalue weighted by Crippen LogP contribution is -2.50. The smallest absolute Gasteiger partial charge is 0.236 e. The zero-order valence-corrected chi connectivity index (χ0v) is 13.2. The summed E-state index contributed by atoms with van der Waals surface area (Å²) in [6.07, 6.45) is 1.80. The fraction of sp³-hybridized carbons (Fsp3) is 0.500. The number of nitrogens with zero attached hydrogens (tertiary/aromatic N) is 3. The molecular weight excluding hydrogens is 332 g/mol. The molecule has 2 heterocycles. The van der Waals surface area contributed by atoms with Crippen LogP contribution in [0.1, 0.15) is 0 Å². The van der Waals surface area contributed by atoms with Crippen LogP contribution in [-0.2, 0) is 4.79 Å². The van der Waals surface area contributed by atoms with Crippen molar-refractivity contribution in [2.24, 2.45) is 0 Å². The highest BCUT2D eigenvalue weighted by Gasteiger charge is 2.20. The number of rotatable bonds is 3. The van der Waals surface area contributed by atoms with Gasteiger partial charge in [0.25, 0.3) is 0 Å². The fourth-order valence-electron chi connectivity index (χ4n) is 2.00. The first-order valence-electron chi connectivity index (χ1n) is 5.99. The van der Waals surface area contributed by atoms with Crippen molar-refractivity contribution in [3.05, 3.63) is 22.8 Å². The molecule has 1 saturated heterocycles. The number of amides is 1. The van der Waals surface area contributed by atoms with E-state index in [0.29, 0.717) is 6.54 Å². The van der Waals surface area contributed by atoms with Gasteiger partial charge >= 0.3 is 0 Å². The lowest BCUT2D eigenvalue weighted by Gasteiger charge is -2.35. The van der Waals surface area contributed by atoms with Crippen LogP contribution in [0.3, 0.4) is 0 Å². The van der Waals surface area contributed by atoms with Gasteiger partial charge in [-0.2, -0.15) is 0 Å². The van der Waals surface area contributed by atoms with Crippen molar-refractivity contribution in [3.63, 3.8) is 0 Å². The molecule has 19 heavy (non-hydrogen) atoms. The molecule has 1 aliphatic heterocycles. The number of hydrogen-bond donors (Lipinski definition) is 1. The second-order valence-electron chi connectivity index (χ2n) is 4.23. The molecular formula is C12H18BrClN4O. The Bertz CT molecular complexity index is 407. The topological polar surface area (TPSA) is 48.5 Å². The first-order chi connectivity index (χ1) is 8.70. The highest BCUT2D eigenvalue weighted by molar-refractivity contribution is 9.10. The van der Waals surface area contributed by atoms with Crippen LogP contribution < -0.4 is 10.2 Å². The minimum atomic E-state index is 0. The monoisotopic (exact) mass is 348 g/mol. The van der Waals surface area contributed by atoms with Gasteiger partial charge in [0.2, 0.25) is 5.91 Å². The third-order valence-corrected chi connectivity index (χ3v) is 3.47. The van der Waals surface area contributed by atoms with Crippen LogP contribution in [0.4, 0.5) is 5.82 Å². The molecule has 0 spiro atoms. The third-order valence-electron chi connectivity index (χ3n) is 3.00. The zero-order chi connectivity index (χ0) is 13.0. The van der Waals surface area contributed by atoms with Gasteiger partial charge < -0.3 is 15.1 Å². The summed E-state index contributed by atoms with van der Waals surface area (Å²) in [5.74, 6) is 1.14. The van der Waals surface area contributed by atoms with Gasteiger partial charge in [-0.05, 0) is 35.1 Å². The fourth-order valence-corrected chi connectivity index (χ4v) is 2.24. The van der Waals surface area contributed by atoms with Gasteiger partial charge in [-0.15, -0.1) is 12.4 Å². The van der Waals surface area contributed by atoms with Gasteiger partial charge in [-0.25, -0.2) is 4.98 Å². The number of pyridine rings is 1. The van der Waals surface area contributed by atoms with E-state index in [9.17, 15) is 4.79 Å². The van der Waals surface area contributed by atoms with Crippen molar-refractivity contribution < 1.29 is 4.79 Å². The van der Waals surface area contributed by atoms with Gasteiger partial charge in [-0.3, -0.25) is 4.79 Å². The predicted molar refractivity (Wildman–Crippen MR) is 81.9 cm³/mol. The van der Waals surface area contributed by atoms with Crippen molar-refractivity contribution in [1.82, 2.24) is 15.2 Å². The molecule has 1 amide bonds. The Morgan fingerprint density at radius 3 is 2.58 bits per heavy atom. The minimum Gasteiger partial charge on any atom is -0.353 e. The van der Waals surface area contributed by atoms with Crippen molar-refractivity contribution in [3.8, 4) is 0 Å². The summed E-state index contributed by atoms with van der Waals surface area (Å²) in [6, 6.07) is 3.98. The molecule has 1 aliphatic rings. The third kappa shape index (κ3) is 4.33. The van der Waals surface area contributed by atoms with E-state index in [4.69, 9.17) is 0 Å². The second kappa shape index (κ2) is 7.67. The molecule has 1 aromatic heterocycles. The Kier molecular flexibility index (Phi) is 6.54. The predicted octanol–water partition coefficient (Wildman–Crippen LogP) is 1.13. The first kappa shape index (κ1) is 16.2. The quantitative estimate of drug-likeness (QED) is 0.889. The maximum Gasteiger partial charge on any atom is 0.236 e. The lowest BCUT2D eigenvalue weighted by molar-refractivity contribution is -0.130. The normalized spacial score (nSPS) is 15.1. The van der Waals surface area contributed by atoms with E-state index in [1.54, 1.807) is 13.2 Å². The van der Waals surface area contributed by atoms with E-state index in [1.165, 1.54) is 0 Å². The zero-order valence-electron chi connectivity index (χ0n) is 10.8. The highest BCUT2D eigenvalue weighted by Crippen LogP contribution is 2.16. The van der Waals surface area contributed by atoms with E-state index in [2.05, 4.69) is 31.1 Å². The van der Waals surface area contributed by atoms with E-state index < -0.39 is 0 Å². The molecule has 1 aromatic rings. The van der Waals surface area contributed by atoms with Crippen LogP contribution in [0, 0.1) is 0 Å². The van der Waals surface area contributed by atoms with E-state index >= 15 is 0 Å². The molecule has 0 aromatic carbocycles. The van der Waals surface area contributed by atoms with Gasteiger partial charge in [0, 0.05) is 36.8 Å². The van der Waals surface area contributed by atoms with Gasteiger partial charge in [0.05, 0.1) is 6.54 Å². The number of piperazine rings is 1. The first-order valence-corrected chi connectivity index (χ1v) is 6.79. The molecule has 5 nitrogen and oxygen atoms in total. The van der Waals surface area contributed by atoms with Crippen LogP contribution in [0.15, 0.2) is 22.8 Å². The summed E-state index contributed by atoms with van der Waals surface area (Å²) in [5, 5.41) is 2.89. The van der Waals surface area contributed by atoms with Gasteiger partial charge in [0.15, 0.2) is 0 Å². The van der Waals surface area contributed by atoms with Crippen LogP contribution in [-0.4, -0.2) is 55.6 Å². The Hall–Kier alpha value is -0.850. The van der Waals surface area contributed by atoms with E-state index in [-0.39, 0.29) is 18.3 Å². The maximum absolute atomic E-state index is 11.7. The summed E-state index contributed by atoms with van der Waals surface area (Å²) in [4.78, 5) is 20.2. The van der Waals surface area contributed by atoms with E-state index in [1.807, 2.05) is 17.0 Å². The average molecular weight is 350 g/mol. The van der Waals surface area contributed by atoms with Crippen LogP contribution >= 0.6 is 28.3 Å². The summed E-state index contributed by atoms with van der Waals surface area (Å²) in [6.45, 7) is 3.61. The summed E-state index contributed by atoms with van der Waals surface area (Å²) in [7, 11) is 1.79. The Morgan fingerprint density at radius 1 is 1.37 bits per heavy atom. The molecule has 1 N–H and O–H groups in total. The number of aromatic nitrogens is 1. The molecule has 0 unspecified atom stereocenters. The van der Waals surface area contributed by atoms with Crippen LogP contribution in [0.2, 0.25) is 0 Å². The average Bonchev–Trinajstić information content (AvgIpc) is 2.40. The number of hydrogen-bond acceptors (Lipinski definition) is 4. The summed E-state index contributed by atoms with van der Waals surface area (Å²) >= 11 is 3.37. The SMILES string of the molecule is CNCC(=O)N1CCN(c2ccc(Br)cn2)CC1.Cl. The number of nitrogens with one attached hydrogen (secondary N) is 1. The van der Waals surface area contributed by atoms with Crippen LogP contribution in [0.5, 0.6) is 0 Å². The molecule has 0 radical (unpaired) electrons. The maximum atomic E-state index is 11.7. The molecule has 0 bridgehead atoms. The van der Waals surface area contributed by atoms with Crippen molar-refractivity contribution in [1.29, 1.82) is 0 Å². The van der Waals surface area contributed by atoms with Crippen molar-refractivity contribution >= 4 is 40.1 Å². The summed E-state index contributed by atoms with van der Waals surface area (Å²) < 4.78 is 0.981. The van der Waals surface area contributed by atoms with Crippen molar-refractivity contribution in [2.75, 3.05) is 44.7 Å². The molecule has 7 heteroatoms. The molecule has 0 saturated carbocycles. The number of anilines is 1. The molecule has 0 aliphatic carbocycles. The van der Waals surface area contributed by atoms with Crippen molar-refractivity contribution in [2.45, 2.75) is 0 Å². The molecule has 0 atom stereocenters. The Labute approximate surface area is 127 Å². The lowest BCUT2D eigenvalue weighted by atomic mass is 10.3. The number of carbonyl (C=O) groups excluding carboxylic acids is 1. The molecule has 106 valence electrons. The largest absolute Gasteiger partial charge is 0.353 e. The van der Waals surface area contributed by atoms with Gasteiger partial charge in [-0.1, -0.05) is 0 Å². The van der Waals surface area contributed by atoms with Gasteiger partial charge in [0.1, 0.15) is 5.82 Å². The second-order valence-corrected chi connectivity index (χ2v) is 5.15. The standard InChI is InChI=1S/C12H17BrN4O.ClH/c1-14-9-12(18)17-6-4-16(5-7-17)11-3-2-10(13)8-15-11;/h2-3,8,14H,4-7,9H2,1H3;1H.